The van der Waals surface area contributed by atoms with Gasteiger partial charge in [0.25, 0.3) is 0 Å². The first kappa shape index (κ1) is 17.5. The maximum absolute atomic E-state index is 12.0. The van der Waals surface area contributed by atoms with Crippen LogP contribution in [0.3, 0.4) is 0 Å². The van der Waals surface area contributed by atoms with E-state index in [0.29, 0.717) is 19.0 Å². The first-order valence-corrected chi connectivity index (χ1v) is 8.65. The number of hydrogen-bond donors (Lipinski definition) is 3. The van der Waals surface area contributed by atoms with Crippen molar-refractivity contribution in [1.82, 2.24) is 15.4 Å². The summed E-state index contributed by atoms with van der Waals surface area (Å²) in [5.41, 5.74) is 0. The predicted molar refractivity (Wildman–Crippen MR) is 85.9 cm³/mol. The minimum absolute atomic E-state index is 0.275. The Balaban J connectivity index is 2.42. The van der Waals surface area contributed by atoms with Crippen LogP contribution in [-0.4, -0.2) is 40.6 Å². The van der Waals surface area contributed by atoms with Crippen molar-refractivity contribution >= 4 is 16.0 Å². The van der Waals surface area contributed by atoms with Gasteiger partial charge in [0.15, 0.2) is 5.96 Å². The SMILES string of the molecule is CCCN=C(NCC)NCCNS(=O)(=O)c1ccccc1. The maximum atomic E-state index is 12.0. The van der Waals surface area contributed by atoms with Crippen molar-refractivity contribution in [3.63, 3.8) is 0 Å². The van der Waals surface area contributed by atoms with Gasteiger partial charge >= 0.3 is 0 Å². The fourth-order valence-electron chi connectivity index (χ4n) is 1.61. The lowest BCUT2D eigenvalue weighted by Gasteiger charge is -2.12. The lowest BCUT2D eigenvalue weighted by Crippen LogP contribution is -2.41. The van der Waals surface area contributed by atoms with Crippen molar-refractivity contribution < 1.29 is 8.42 Å². The summed E-state index contributed by atoms with van der Waals surface area (Å²) >= 11 is 0. The van der Waals surface area contributed by atoms with Crippen molar-refractivity contribution in [2.75, 3.05) is 26.2 Å². The Labute approximate surface area is 127 Å². The van der Waals surface area contributed by atoms with E-state index in [-0.39, 0.29) is 4.90 Å². The quantitative estimate of drug-likeness (QED) is 0.379. The Morgan fingerprint density at radius 2 is 1.81 bits per heavy atom. The number of sulfonamides is 1. The second-order valence-electron chi connectivity index (χ2n) is 4.40. The summed E-state index contributed by atoms with van der Waals surface area (Å²) in [6.07, 6.45) is 0.969. The minimum atomic E-state index is -3.44. The Kier molecular flexibility index (Phi) is 7.78. The number of rotatable bonds is 8. The van der Waals surface area contributed by atoms with E-state index >= 15 is 0 Å². The number of hydrogen-bond acceptors (Lipinski definition) is 3. The topological polar surface area (TPSA) is 82.6 Å². The van der Waals surface area contributed by atoms with Gasteiger partial charge in [-0.3, -0.25) is 4.99 Å². The van der Waals surface area contributed by atoms with Gasteiger partial charge in [-0.05, 0) is 25.5 Å². The second kappa shape index (κ2) is 9.36. The van der Waals surface area contributed by atoms with E-state index in [1.54, 1.807) is 30.3 Å². The van der Waals surface area contributed by atoms with Crippen molar-refractivity contribution in [2.24, 2.45) is 4.99 Å². The molecular formula is C14H24N4O2S. The van der Waals surface area contributed by atoms with Crippen LogP contribution >= 0.6 is 0 Å². The molecular weight excluding hydrogens is 288 g/mol. The van der Waals surface area contributed by atoms with Gasteiger partial charge < -0.3 is 10.6 Å². The van der Waals surface area contributed by atoms with Crippen LogP contribution in [0, 0.1) is 0 Å². The first-order chi connectivity index (χ1) is 10.1. The molecule has 0 atom stereocenters. The molecule has 3 N–H and O–H groups in total. The molecule has 0 radical (unpaired) electrons. The van der Waals surface area contributed by atoms with Gasteiger partial charge in [-0.25, -0.2) is 13.1 Å². The van der Waals surface area contributed by atoms with Gasteiger partial charge in [0.1, 0.15) is 0 Å². The van der Waals surface area contributed by atoms with Crippen molar-refractivity contribution in [3.8, 4) is 0 Å². The molecule has 21 heavy (non-hydrogen) atoms. The Morgan fingerprint density at radius 3 is 2.43 bits per heavy atom. The van der Waals surface area contributed by atoms with Crippen LogP contribution < -0.4 is 15.4 Å². The van der Waals surface area contributed by atoms with E-state index < -0.39 is 10.0 Å². The third-order valence-corrected chi connectivity index (χ3v) is 4.08. The predicted octanol–water partition coefficient (Wildman–Crippen LogP) is 0.930. The van der Waals surface area contributed by atoms with Crippen LogP contribution in [0.25, 0.3) is 0 Å². The summed E-state index contributed by atoms with van der Waals surface area (Å²) in [5, 5.41) is 6.20. The van der Waals surface area contributed by atoms with Gasteiger partial charge in [0.2, 0.25) is 10.0 Å². The summed E-state index contributed by atoms with van der Waals surface area (Å²) in [5.74, 6) is 0.707. The van der Waals surface area contributed by atoms with E-state index in [0.717, 1.165) is 19.5 Å². The Hall–Kier alpha value is -1.60. The summed E-state index contributed by atoms with van der Waals surface area (Å²) in [6.45, 7) is 6.33. The molecule has 0 fully saturated rings. The van der Waals surface area contributed by atoms with Crippen molar-refractivity contribution in [3.05, 3.63) is 30.3 Å². The zero-order valence-electron chi connectivity index (χ0n) is 12.6. The van der Waals surface area contributed by atoms with Gasteiger partial charge in [-0.15, -0.1) is 0 Å². The summed E-state index contributed by atoms with van der Waals surface area (Å²) in [6, 6.07) is 8.33. The molecule has 0 aliphatic carbocycles. The van der Waals surface area contributed by atoms with Crippen LogP contribution in [-0.2, 0) is 10.0 Å². The molecule has 0 saturated carbocycles. The number of benzene rings is 1. The van der Waals surface area contributed by atoms with Crippen LogP contribution in [0.15, 0.2) is 40.2 Å². The van der Waals surface area contributed by atoms with Crippen molar-refractivity contribution in [2.45, 2.75) is 25.2 Å². The second-order valence-corrected chi connectivity index (χ2v) is 6.17. The largest absolute Gasteiger partial charge is 0.357 e. The fraction of sp³-hybridized carbons (Fsp3) is 0.500. The number of aliphatic imine (C=N–C) groups is 1. The normalized spacial score (nSPS) is 12.2. The molecule has 1 rings (SSSR count). The van der Waals surface area contributed by atoms with Crippen LogP contribution in [0.4, 0.5) is 0 Å². The van der Waals surface area contributed by atoms with Crippen LogP contribution in [0.1, 0.15) is 20.3 Å². The molecule has 6 nitrogen and oxygen atoms in total. The first-order valence-electron chi connectivity index (χ1n) is 7.17. The molecule has 1 aromatic rings. The number of guanidine groups is 1. The van der Waals surface area contributed by atoms with E-state index in [4.69, 9.17) is 0 Å². The molecule has 1 aromatic carbocycles. The standard InChI is InChI=1S/C14H24N4O2S/c1-3-10-16-14(15-4-2)17-11-12-18-21(19,20)13-8-6-5-7-9-13/h5-9,18H,3-4,10-12H2,1-2H3,(H2,15,16,17). The average Bonchev–Trinajstić information content (AvgIpc) is 2.50. The van der Waals surface area contributed by atoms with Gasteiger partial charge in [-0.2, -0.15) is 0 Å². The molecule has 0 aromatic heterocycles. The molecule has 0 saturated heterocycles. The molecule has 0 amide bonds. The summed E-state index contributed by atoms with van der Waals surface area (Å²) in [7, 11) is -3.44. The van der Waals surface area contributed by atoms with E-state index in [9.17, 15) is 8.42 Å². The zero-order valence-corrected chi connectivity index (χ0v) is 13.4. The lowest BCUT2D eigenvalue weighted by molar-refractivity contribution is 0.580. The molecule has 118 valence electrons. The number of nitrogens with one attached hydrogen (secondary N) is 3. The molecule has 0 bridgehead atoms. The van der Waals surface area contributed by atoms with Crippen LogP contribution in [0.5, 0.6) is 0 Å². The summed E-state index contributed by atoms with van der Waals surface area (Å²) < 4.78 is 26.5. The fourth-order valence-corrected chi connectivity index (χ4v) is 2.67. The Morgan fingerprint density at radius 1 is 1.10 bits per heavy atom. The highest BCUT2D eigenvalue weighted by Gasteiger charge is 2.11. The lowest BCUT2D eigenvalue weighted by atomic mass is 10.4. The highest BCUT2D eigenvalue weighted by atomic mass is 32.2. The molecule has 0 aliphatic rings. The molecule has 0 unspecified atom stereocenters. The van der Waals surface area contributed by atoms with E-state index in [1.807, 2.05) is 6.92 Å². The van der Waals surface area contributed by atoms with Crippen LogP contribution in [0.2, 0.25) is 0 Å². The van der Waals surface area contributed by atoms with Gasteiger partial charge in [-0.1, -0.05) is 25.1 Å². The zero-order chi connectivity index (χ0) is 15.6. The van der Waals surface area contributed by atoms with Gasteiger partial charge in [0.05, 0.1) is 4.90 Å². The van der Waals surface area contributed by atoms with Gasteiger partial charge in [0, 0.05) is 26.2 Å². The van der Waals surface area contributed by atoms with E-state index in [1.165, 1.54) is 0 Å². The molecule has 0 heterocycles. The number of nitrogens with zero attached hydrogens (tertiary/aromatic N) is 1. The third kappa shape index (κ3) is 6.59. The highest BCUT2D eigenvalue weighted by molar-refractivity contribution is 7.89. The summed E-state index contributed by atoms with van der Waals surface area (Å²) in [4.78, 5) is 4.62. The highest BCUT2D eigenvalue weighted by Crippen LogP contribution is 2.06. The average molecular weight is 312 g/mol. The maximum Gasteiger partial charge on any atom is 0.240 e. The van der Waals surface area contributed by atoms with E-state index in [2.05, 4.69) is 27.3 Å². The van der Waals surface area contributed by atoms with Crippen molar-refractivity contribution in [1.29, 1.82) is 0 Å². The monoisotopic (exact) mass is 312 g/mol. The molecule has 0 spiro atoms. The third-order valence-electron chi connectivity index (χ3n) is 2.60. The Bertz CT molecular complexity index is 529. The minimum Gasteiger partial charge on any atom is -0.357 e. The smallest absolute Gasteiger partial charge is 0.240 e. The molecule has 0 aliphatic heterocycles. The molecule has 7 heteroatoms.